The second-order valence-electron chi connectivity index (χ2n) is 6.32. The van der Waals surface area contributed by atoms with E-state index < -0.39 is 0 Å². The standard InChI is InChI=1S/C15H16O/c1-8(2)13-11-5-6-12(13)15-10-4-3-9(7-10)14(11,15)16-15/h3-6,9-12H,7H2,1-2H3/t9-,10-,11+,12+,14-,15+/m0/s1. The van der Waals surface area contributed by atoms with Crippen LogP contribution < -0.4 is 0 Å². The van der Waals surface area contributed by atoms with Gasteiger partial charge >= 0.3 is 0 Å². The van der Waals surface area contributed by atoms with Gasteiger partial charge in [-0.05, 0) is 20.3 Å². The lowest BCUT2D eigenvalue weighted by Crippen LogP contribution is -2.33. The van der Waals surface area contributed by atoms with E-state index in [1.54, 1.807) is 5.57 Å². The number of rotatable bonds is 0. The van der Waals surface area contributed by atoms with E-state index in [-0.39, 0.29) is 11.2 Å². The topological polar surface area (TPSA) is 12.5 Å². The molecule has 1 nitrogen and oxygen atoms in total. The maximum Gasteiger partial charge on any atom is 0.116 e. The number of hydrogen-bond acceptors (Lipinski definition) is 1. The van der Waals surface area contributed by atoms with Gasteiger partial charge in [0.2, 0.25) is 0 Å². The van der Waals surface area contributed by atoms with Gasteiger partial charge in [-0.25, -0.2) is 0 Å². The molecule has 0 aromatic carbocycles. The summed E-state index contributed by atoms with van der Waals surface area (Å²) in [5, 5.41) is 0. The molecule has 0 aromatic heterocycles. The molecule has 1 saturated heterocycles. The zero-order valence-corrected chi connectivity index (χ0v) is 9.73. The first-order valence-corrected chi connectivity index (χ1v) is 6.46. The molecule has 1 heterocycles. The second kappa shape index (κ2) is 1.99. The number of hydrogen-bond donors (Lipinski definition) is 0. The molecule has 82 valence electrons. The molecule has 5 aliphatic rings. The fourth-order valence-electron chi connectivity index (χ4n) is 5.39. The molecule has 3 fully saturated rings. The largest absolute Gasteiger partial charge is 0.359 e. The van der Waals surface area contributed by atoms with Crippen LogP contribution in [0, 0.1) is 23.7 Å². The predicted octanol–water partition coefficient (Wildman–Crippen LogP) is 2.85. The smallest absolute Gasteiger partial charge is 0.116 e. The van der Waals surface area contributed by atoms with Gasteiger partial charge in [-0.1, -0.05) is 35.5 Å². The number of epoxide rings is 1. The van der Waals surface area contributed by atoms with Crippen LogP contribution in [-0.4, -0.2) is 11.2 Å². The van der Waals surface area contributed by atoms with Gasteiger partial charge in [0.1, 0.15) is 11.2 Å². The van der Waals surface area contributed by atoms with Gasteiger partial charge in [0.25, 0.3) is 0 Å². The molecule has 0 unspecified atom stereocenters. The number of fused-ring (bicyclic) bond motifs is 4. The maximum atomic E-state index is 6.36. The molecule has 0 aromatic rings. The molecule has 0 N–H and O–H groups in total. The monoisotopic (exact) mass is 212 g/mol. The summed E-state index contributed by atoms with van der Waals surface area (Å²) in [5.41, 5.74) is 3.62. The minimum absolute atomic E-state index is 0.207. The molecule has 1 aliphatic heterocycles. The van der Waals surface area contributed by atoms with Crippen LogP contribution in [0.2, 0.25) is 0 Å². The highest BCUT2D eigenvalue weighted by atomic mass is 16.6. The normalized spacial score (nSPS) is 61.8. The van der Waals surface area contributed by atoms with Crippen LogP contribution in [-0.2, 0) is 4.74 Å². The first-order valence-electron chi connectivity index (χ1n) is 6.46. The Morgan fingerprint density at radius 3 is 2.12 bits per heavy atom. The minimum atomic E-state index is 0.207. The van der Waals surface area contributed by atoms with Crippen LogP contribution in [0.4, 0.5) is 0 Å². The van der Waals surface area contributed by atoms with E-state index in [2.05, 4.69) is 38.2 Å². The summed E-state index contributed by atoms with van der Waals surface area (Å²) in [7, 11) is 0. The highest BCUT2D eigenvalue weighted by Crippen LogP contribution is 2.82. The molecule has 6 atom stereocenters. The van der Waals surface area contributed by atoms with Crippen LogP contribution in [0.15, 0.2) is 35.5 Å². The van der Waals surface area contributed by atoms with Crippen molar-refractivity contribution in [3.8, 4) is 0 Å². The molecule has 0 radical (unpaired) electrons. The highest BCUT2D eigenvalue weighted by Gasteiger charge is 2.90. The molecule has 1 heteroatoms. The van der Waals surface area contributed by atoms with Crippen molar-refractivity contribution in [3.63, 3.8) is 0 Å². The third kappa shape index (κ3) is 0.506. The van der Waals surface area contributed by atoms with Gasteiger partial charge in [-0.15, -0.1) is 0 Å². The lowest BCUT2D eigenvalue weighted by molar-refractivity contribution is 0.128. The zero-order valence-electron chi connectivity index (χ0n) is 9.73. The molecule has 2 saturated carbocycles. The van der Waals surface area contributed by atoms with Crippen LogP contribution in [0.3, 0.4) is 0 Å². The van der Waals surface area contributed by atoms with Gasteiger partial charge in [-0.2, -0.15) is 0 Å². The summed E-state index contributed by atoms with van der Waals surface area (Å²) in [6.45, 7) is 4.54. The second-order valence-corrected chi connectivity index (χ2v) is 6.32. The Labute approximate surface area is 95.9 Å². The fourth-order valence-corrected chi connectivity index (χ4v) is 5.39. The molecule has 4 aliphatic carbocycles. The van der Waals surface area contributed by atoms with Crippen LogP contribution >= 0.6 is 0 Å². The van der Waals surface area contributed by atoms with Crippen molar-refractivity contribution in [1.29, 1.82) is 0 Å². The predicted molar refractivity (Wildman–Crippen MR) is 61.8 cm³/mol. The van der Waals surface area contributed by atoms with Crippen molar-refractivity contribution in [3.05, 3.63) is 35.5 Å². The van der Waals surface area contributed by atoms with Crippen molar-refractivity contribution in [2.24, 2.45) is 23.7 Å². The quantitative estimate of drug-likeness (QED) is 0.444. The third-order valence-corrected chi connectivity index (χ3v) is 5.76. The summed E-state index contributed by atoms with van der Waals surface area (Å²) in [6, 6.07) is 0. The molecule has 5 rings (SSSR count). The number of ether oxygens (including phenoxy) is 1. The van der Waals surface area contributed by atoms with Gasteiger partial charge in [-0.3, -0.25) is 0 Å². The molecular weight excluding hydrogens is 196 g/mol. The average molecular weight is 212 g/mol. The Hall–Kier alpha value is -0.820. The minimum Gasteiger partial charge on any atom is -0.359 e. The Bertz CT molecular complexity index is 472. The first-order chi connectivity index (χ1) is 7.72. The van der Waals surface area contributed by atoms with Crippen LogP contribution in [0.1, 0.15) is 20.3 Å². The van der Waals surface area contributed by atoms with Gasteiger partial charge in [0.15, 0.2) is 0 Å². The van der Waals surface area contributed by atoms with Gasteiger partial charge < -0.3 is 4.74 Å². The van der Waals surface area contributed by atoms with Crippen molar-refractivity contribution < 1.29 is 4.74 Å². The van der Waals surface area contributed by atoms with Crippen LogP contribution in [0.25, 0.3) is 0 Å². The summed E-state index contributed by atoms with van der Waals surface area (Å²) < 4.78 is 6.36. The Morgan fingerprint density at radius 1 is 1.06 bits per heavy atom. The Morgan fingerprint density at radius 2 is 1.62 bits per heavy atom. The first kappa shape index (κ1) is 8.30. The molecule has 4 bridgehead atoms. The van der Waals surface area contributed by atoms with Gasteiger partial charge in [0, 0.05) is 23.7 Å². The lowest BCUT2D eigenvalue weighted by Gasteiger charge is -2.23. The van der Waals surface area contributed by atoms with E-state index in [9.17, 15) is 0 Å². The average Bonchev–Trinajstić information content (AvgIpc) is 2.67. The SMILES string of the molecule is CC(C)=C1[C@H]2C=C[C@H]1[C@@]13O[C@@]21[C@H]1C=C[C@H]3C1. The Balaban J connectivity index is 1.80. The summed E-state index contributed by atoms with van der Waals surface area (Å²) >= 11 is 0. The van der Waals surface area contributed by atoms with Crippen molar-refractivity contribution in [1.82, 2.24) is 0 Å². The zero-order chi connectivity index (χ0) is 10.7. The van der Waals surface area contributed by atoms with Crippen LogP contribution in [0.5, 0.6) is 0 Å². The van der Waals surface area contributed by atoms with E-state index in [1.807, 2.05) is 0 Å². The third-order valence-electron chi connectivity index (χ3n) is 5.76. The number of allylic oxidation sites excluding steroid dienone is 1. The summed E-state index contributed by atoms with van der Waals surface area (Å²) in [4.78, 5) is 0. The van der Waals surface area contributed by atoms with E-state index in [0.717, 1.165) is 0 Å². The fraction of sp³-hybridized carbons (Fsp3) is 0.600. The lowest BCUT2D eigenvalue weighted by atomic mass is 9.76. The molecule has 0 spiro atoms. The molecule has 0 amide bonds. The highest BCUT2D eigenvalue weighted by molar-refractivity contribution is 5.58. The Kier molecular flexibility index (Phi) is 1.03. The van der Waals surface area contributed by atoms with Gasteiger partial charge in [0.05, 0.1) is 0 Å². The molecular formula is C15H16O. The van der Waals surface area contributed by atoms with Crippen molar-refractivity contribution >= 4 is 0 Å². The summed E-state index contributed by atoms with van der Waals surface area (Å²) in [6.07, 6.45) is 11.0. The van der Waals surface area contributed by atoms with E-state index in [0.29, 0.717) is 23.7 Å². The maximum absolute atomic E-state index is 6.36. The van der Waals surface area contributed by atoms with Crippen molar-refractivity contribution in [2.45, 2.75) is 31.5 Å². The van der Waals surface area contributed by atoms with E-state index >= 15 is 0 Å². The van der Waals surface area contributed by atoms with E-state index in [4.69, 9.17) is 4.74 Å². The van der Waals surface area contributed by atoms with Crippen molar-refractivity contribution in [2.75, 3.05) is 0 Å². The molecule has 16 heavy (non-hydrogen) atoms. The van der Waals surface area contributed by atoms with E-state index in [1.165, 1.54) is 12.0 Å². The summed E-state index contributed by atoms with van der Waals surface area (Å²) in [5.74, 6) is 2.60.